The Morgan fingerprint density at radius 1 is 1.39 bits per heavy atom. The van der Waals surface area contributed by atoms with Crippen molar-refractivity contribution >= 4 is 52.9 Å². The van der Waals surface area contributed by atoms with Crippen LogP contribution in [0.5, 0.6) is 0 Å². The van der Waals surface area contributed by atoms with E-state index in [0.29, 0.717) is 10.8 Å². The first-order valence-corrected chi connectivity index (χ1v) is 9.59. The number of nitrogens with zero attached hydrogens (tertiary/aromatic N) is 1. The Balaban J connectivity index is 0.00000264. The molecule has 1 aliphatic heterocycles. The Morgan fingerprint density at radius 2 is 2.09 bits per heavy atom. The van der Waals surface area contributed by atoms with Crippen LogP contribution in [0.15, 0.2) is 6.07 Å². The maximum Gasteiger partial charge on any atom is 0.222 e. The largest absolute Gasteiger partial charge is 0.343 e. The first-order valence-electron chi connectivity index (χ1n) is 8.02. The van der Waals surface area contributed by atoms with Crippen LogP contribution in [-0.4, -0.2) is 37.0 Å². The summed E-state index contributed by atoms with van der Waals surface area (Å²) in [6.07, 6.45) is 4.49. The fourth-order valence-electron chi connectivity index (χ4n) is 2.87. The van der Waals surface area contributed by atoms with Gasteiger partial charge in [0, 0.05) is 19.5 Å². The summed E-state index contributed by atoms with van der Waals surface area (Å²) in [5.74, 6) is 0.995. The van der Waals surface area contributed by atoms with Crippen molar-refractivity contribution in [2.45, 2.75) is 39.0 Å². The van der Waals surface area contributed by atoms with Crippen LogP contribution in [0.4, 0.5) is 0 Å². The molecule has 0 spiro atoms. The Labute approximate surface area is 159 Å². The lowest BCUT2D eigenvalue weighted by Crippen LogP contribution is -2.40. The lowest BCUT2D eigenvalue weighted by atomic mass is 9.96. The van der Waals surface area contributed by atoms with E-state index in [-0.39, 0.29) is 18.3 Å². The first-order chi connectivity index (χ1) is 10.6. The van der Waals surface area contributed by atoms with Crippen molar-refractivity contribution in [2.75, 3.05) is 26.2 Å². The second-order valence-electron chi connectivity index (χ2n) is 5.83. The molecule has 3 nitrogen and oxygen atoms in total. The Bertz CT molecular complexity index is 488. The van der Waals surface area contributed by atoms with Crippen LogP contribution >= 0.6 is 46.9 Å². The highest BCUT2D eigenvalue weighted by molar-refractivity contribution is 7.20. The van der Waals surface area contributed by atoms with Gasteiger partial charge < -0.3 is 10.2 Å². The van der Waals surface area contributed by atoms with E-state index in [2.05, 4.69) is 12.2 Å². The van der Waals surface area contributed by atoms with Gasteiger partial charge in [-0.15, -0.1) is 23.7 Å². The zero-order valence-corrected chi connectivity index (χ0v) is 16.6. The van der Waals surface area contributed by atoms with Gasteiger partial charge in [0.05, 0.1) is 8.67 Å². The molecule has 0 unspecified atom stereocenters. The molecular weight excluding hydrogens is 375 g/mol. The second kappa shape index (κ2) is 10.8. The third-order valence-corrected chi connectivity index (χ3v) is 5.78. The number of nitrogens with one attached hydrogen (secondary N) is 1. The summed E-state index contributed by atoms with van der Waals surface area (Å²) in [7, 11) is 0. The van der Waals surface area contributed by atoms with Crippen LogP contribution < -0.4 is 5.32 Å². The molecule has 1 amide bonds. The van der Waals surface area contributed by atoms with Gasteiger partial charge in [-0.25, -0.2) is 0 Å². The summed E-state index contributed by atoms with van der Waals surface area (Å²) in [6, 6.07) is 1.91. The molecule has 0 aliphatic carbocycles. The van der Waals surface area contributed by atoms with Gasteiger partial charge in [-0.05, 0) is 56.3 Å². The molecule has 2 rings (SSSR count). The van der Waals surface area contributed by atoms with Crippen LogP contribution in [-0.2, 0) is 11.2 Å². The minimum atomic E-state index is 0. The number of amides is 1. The highest BCUT2D eigenvalue weighted by atomic mass is 35.5. The monoisotopic (exact) mass is 398 g/mol. The fourth-order valence-corrected chi connectivity index (χ4v) is 4.41. The number of thiophene rings is 1. The van der Waals surface area contributed by atoms with E-state index in [4.69, 9.17) is 23.2 Å². The van der Waals surface area contributed by atoms with E-state index in [1.165, 1.54) is 11.3 Å². The third kappa shape index (κ3) is 6.79. The SMILES string of the molecule is CCNCC1CCN(C(=O)CCCc2cc(Cl)sc2Cl)CC1.Cl. The summed E-state index contributed by atoms with van der Waals surface area (Å²) in [6.45, 7) is 6.04. The van der Waals surface area contributed by atoms with E-state index < -0.39 is 0 Å². The van der Waals surface area contributed by atoms with Crippen LogP contribution in [0.25, 0.3) is 0 Å². The normalized spacial score (nSPS) is 15.5. The van der Waals surface area contributed by atoms with Crippen molar-refractivity contribution in [1.82, 2.24) is 10.2 Å². The summed E-state index contributed by atoms with van der Waals surface area (Å²) < 4.78 is 1.47. The number of hydrogen-bond donors (Lipinski definition) is 1. The minimum Gasteiger partial charge on any atom is -0.343 e. The average Bonchev–Trinajstić information content (AvgIpc) is 2.83. The standard InChI is InChI=1S/C16H24Cl2N2OS.ClH/c1-2-19-11-12-6-8-20(9-7-12)15(21)5-3-4-13-10-14(17)22-16(13)18;/h10,12,19H,2-9,11H2,1H3;1H. The second-order valence-corrected chi connectivity index (χ2v) is 8.12. The number of carbonyl (C=O) groups excluding carboxylic acids is 1. The molecule has 0 radical (unpaired) electrons. The van der Waals surface area contributed by atoms with Crippen molar-refractivity contribution in [3.05, 3.63) is 20.3 Å². The highest BCUT2D eigenvalue weighted by Gasteiger charge is 2.22. The van der Waals surface area contributed by atoms with Gasteiger partial charge in [0.1, 0.15) is 0 Å². The molecule has 132 valence electrons. The minimum absolute atomic E-state index is 0. The zero-order chi connectivity index (χ0) is 15.9. The predicted octanol–water partition coefficient (Wildman–Crippen LogP) is 4.65. The van der Waals surface area contributed by atoms with E-state index in [1.807, 2.05) is 11.0 Å². The smallest absolute Gasteiger partial charge is 0.222 e. The quantitative estimate of drug-likeness (QED) is 0.724. The summed E-state index contributed by atoms with van der Waals surface area (Å²) in [5.41, 5.74) is 1.06. The number of rotatable bonds is 7. The van der Waals surface area contributed by atoms with Crippen LogP contribution in [0, 0.1) is 5.92 Å². The van der Waals surface area contributed by atoms with Crippen LogP contribution in [0.3, 0.4) is 0 Å². The highest BCUT2D eigenvalue weighted by Crippen LogP contribution is 2.32. The molecule has 0 atom stereocenters. The molecular formula is C16H25Cl3N2OS. The zero-order valence-electron chi connectivity index (χ0n) is 13.4. The van der Waals surface area contributed by atoms with Gasteiger partial charge in [-0.3, -0.25) is 4.79 Å². The Kier molecular flexibility index (Phi) is 9.86. The maximum atomic E-state index is 12.3. The Morgan fingerprint density at radius 3 is 2.65 bits per heavy atom. The number of halogens is 3. The molecule has 0 bridgehead atoms. The third-order valence-electron chi connectivity index (χ3n) is 4.21. The lowest BCUT2D eigenvalue weighted by molar-refractivity contribution is -0.132. The Hall–Kier alpha value is -0.000000000000000222. The molecule has 1 aliphatic rings. The molecule has 1 N–H and O–H groups in total. The van der Waals surface area contributed by atoms with Crippen molar-refractivity contribution < 1.29 is 4.79 Å². The van der Waals surface area contributed by atoms with Crippen molar-refractivity contribution in [1.29, 1.82) is 0 Å². The maximum absolute atomic E-state index is 12.3. The van der Waals surface area contributed by atoms with Gasteiger partial charge in [0.25, 0.3) is 0 Å². The molecule has 0 aromatic carbocycles. The van der Waals surface area contributed by atoms with Crippen molar-refractivity contribution in [2.24, 2.45) is 5.92 Å². The first kappa shape index (κ1) is 21.0. The number of carbonyl (C=O) groups is 1. The van der Waals surface area contributed by atoms with Crippen molar-refractivity contribution in [3.8, 4) is 0 Å². The molecule has 1 aromatic rings. The molecule has 2 heterocycles. The molecule has 7 heteroatoms. The summed E-state index contributed by atoms with van der Waals surface area (Å²) in [4.78, 5) is 14.3. The molecule has 1 aromatic heterocycles. The molecule has 1 saturated heterocycles. The lowest BCUT2D eigenvalue weighted by Gasteiger charge is -2.32. The van der Waals surface area contributed by atoms with Gasteiger partial charge in [0.2, 0.25) is 5.91 Å². The number of likely N-dealkylation sites (tertiary alicyclic amines) is 1. The summed E-state index contributed by atoms with van der Waals surface area (Å²) >= 11 is 13.4. The molecule has 1 fully saturated rings. The van der Waals surface area contributed by atoms with E-state index in [1.54, 1.807) is 0 Å². The van der Waals surface area contributed by atoms with E-state index in [0.717, 1.165) is 67.7 Å². The van der Waals surface area contributed by atoms with Crippen molar-refractivity contribution in [3.63, 3.8) is 0 Å². The molecule has 23 heavy (non-hydrogen) atoms. The van der Waals surface area contributed by atoms with E-state index in [9.17, 15) is 4.79 Å². The number of piperidine rings is 1. The van der Waals surface area contributed by atoms with Gasteiger partial charge in [-0.1, -0.05) is 30.1 Å². The van der Waals surface area contributed by atoms with E-state index >= 15 is 0 Å². The van der Waals surface area contributed by atoms with Crippen LogP contribution in [0.2, 0.25) is 8.67 Å². The average molecular weight is 400 g/mol. The summed E-state index contributed by atoms with van der Waals surface area (Å²) in [5, 5.41) is 3.40. The van der Waals surface area contributed by atoms with Gasteiger partial charge in [-0.2, -0.15) is 0 Å². The number of hydrogen-bond acceptors (Lipinski definition) is 3. The fraction of sp³-hybridized carbons (Fsp3) is 0.688. The molecule has 0 saturated carbocycles. The van der Waals surface area contributed by atoms with Crippen LogP contribution in [0.1, 0.15) is 38.2 Å². The predicted molar refractivity (Wildman–Crippen MR) is 102 cm³/mol. The number of aryl methyl sites for hydroxylation is 1. The van der Waals surface area contributed by atoms with Gasteiger partial charge >= 0.3 is 0 Å². The topological polar surface area (TPSA) is 32.3 Å². The van der Waals surface area contributed by atoms with Gasteiger partial charge in [0.15, 0.2) is 0 Å².